The quantitative estimate of drug-likeness (QED) is 0.657. The molecule has 66 valence electrons. The summed E-state index contributed by atoms with van der Waals surface area (Å²) < 4.78 is 5.17. The van der Waals surface area contributed by atoms with Crippen LogP contribution in [0.5, 0.6) is 0 Å². The van der Waals surface area contributed by atoms with Gasteiger partial charge in [-0.3, -0.25) is 4.79 Å². The van der Waals surface area contributed by atoms with E-state index < -0.39 is 0 Å². The SMILES string of the molecule is CC(=O)c1nc2c(Cl)cccc2o1. The number of carbonyl (C=O) groups excluding carboxylic acids is 1. The summed E-state index contributed by atoms with van der Waals surface area (Å²) in [5.74, 6) is -0.102. The predicted molar refractivity (Wildman–Crippen MR) is 49.0 cm³/mol. The number of oxazole rings is 1. The fraction of sp³-hybridized carbons (Fsp3) is 0.111. The molecule has 0 aliphatic heterocycles. The van der Waals surface area contributed by atoms with Crippen LogP contribution < -0.4 is 0 Å². The third-order valence-electron chi connectivity index (χ3n) is 1.67. The summed E-state index contributed by atoms with van der Waals surface area (Å²) in [4.78, 5) is 14.9. The van der Waals surface area contributed by atoms with E-state index in [9.17, 15) is 4.79 Å². The molecule has 0 saturated carbocycles. The number of carbonyl (C=O) groups is 1. The van der Waals surface area contributed by atoms with Gasteiger partial charge in [-0.25, -0.2) is 4.98 Å². The van der Waals surface area contributed by atoms with Gasteiger partial charge >= 0.3 is 0 Å². The minimum Gasteiger partial charge on any atom is -0.434 e. The summed E-state index contributed by atoms with van der Waals surface area (Å²) in [5, 5.41) is 0.494. The average molecular weight is 196 g/mol. The lowest BCUT2D eigenvalue weighted by atomic mass is 10.3. The second kappa shape index (κ2) is 2.85. The van der Waals surface area contributed by atoms with E-state index in [-0.39, 0.29) is 11.7 Å². The molecule has 1 aromatic carbocycles. The van der Waals surface area contributed by atoms with Crippen LogP contribution in [0.1, 0.15) is 17.6 Å². The van der Waals surface area contributed by atoms with Crippen LogP contribution in [0.25, 0.3) is 11.1 Å². The number of hydrogen-bond acceptors (Lipinski definition) is 3. The van der Waals surface area contributed by atoms with Gasteiger partial charge in [0.2, 0.25) is 5.78 Å². The fourth-order valence-electron chi connectivity index (χ4n) is 1.07. The Morgan fingerprint density at radius 1 is 1.54 bits per heavy atom. The van der Waals surface area contributed by atoms with Crippen LogP contribution in [-0.4, -0.2) is 10.8 Å². The van der Waals surface area contributed by atoms with Gasteiger partial charge in [0.05, 0.1) is 5.02 Å². The zero-order valence-electron chi connectivity index (χ0n) is 6.87. The first-order valence-corrected chi connectivity index (χ1v) is 4.12. The molecule has 4 heteroatoms. The van der Waals surface area contributed by atoms with Crippen molar-refractivity contribution in [2.45, 2.75) is 6.92 Å². The smallest absolute Gasteiger partial charge is 0.263 e. The maximum Gasteiger partial charge on any atom is 0.263 e. The molecule has 0 N–H and O–H groups in total. The molecule has 1 aromatic heterocycles. The molecule has 3 nitrogen and oxygen atoms in total. The molecule has 13 heavy (non-hydrogen) atoms. The van der Waals surface area contributed by atoms with Crippen LogP contribution in [0.15, 0.2) is 22.6 Å². The normalized spacial score (nSPS) is 10.6. The van der Waals surface area contributed by atoms with Crippen molar-refractivity contribution in [2.75, 3.05) is 0 Å². The highest BCUT2D eigenvalue weighted by molar-refractivity contribution is 6.34. The van der Waals surface area contributed by atoms with Crippen LogP contribution in [-0.2, 0) is 0 Å². The Balaban J connectivity index is 2.75. The molecular weight excluding hydrogens is 190 g/mol. The van der Waals surface area contributed by atoms with Crippen molar-refractivity contribution < 1.29 is 9.21 Å². The van der Waals surface area contributed by atoms with Gasteiger partial charge in [0.25, 0.3) is 5.89 Å². The molecule has 0 unspecified atom stereocenters. The van der Waals surface area contributed by atoms with Gasteiger partial charge in [0, 0.05) is 6.92 Å². The molecule has 0 atom stereocenters. The lowest BCUT2D eigenvalue weighted by Crippen LogP contribution is -1.89. The van der Waals surface area contributed by atoms with Gasteiger partial charge in [-0.2, -0.15) is 0 Å². The molecule has 0 aliphatic rings. The average Bonchev–Trinajstić information content (AvgIpc) is 2.49. The number of ketones is 1. The Bertz CT molecular complexity index is 475. The molecule has 0 saturated heterocycles. The number of hydrogen-bond donors (Lipinski definition) is 0. The topological polar surface area (TPSA) is 43.1 Å². The van der Waals surface area contributed by atoms with Gasteiger partial charge in [0.1, 0.15) is 5.52 Å². The number of nitrogens with zero attached hydrogens (tertiary/aromatic N) is 1. The summed E-state index contributed by atoms with van der Waals surface area (Å²) in [7, 11) is 0. The van der Waals surface area contributed by atoms with Gasteiger partial charge < -0.3 is 4.42 Å². The molecule has 0 amide bonds. The van der Waals surface area contributed by atoms with Crippen molar-refractivity contribution in [2.24, 2.45) is 0 Å². The summed E-state index contributed by atoms with van der Waals surface area (Å²) in [6, 6.07) is 5.18. The van der Waals surface area contributed by atoms with Crippen LogP contribution in [0, 0.1) is 0 Å². The maximum absolute atomic E-state index is 10.9. The van der Waals surface area contributed by atoms with E-state index in [4.69, 9.17) is 16.0 Å². The monoisotopic (exact) mass is 195 g/mol. The van der Waals surface area contributed by atoms with E-state index in [1.165, 1.54) is 6.92 Å². The molecule has 0 spiro atoms. The number of halogens is 1. The first-order valence-electron chi connectivity index (χ1n) is 3.74. The number of Topliss-reactive ketones (excluding diaryl/α,β-unsaturated/α-hetero) is 1. The van der Waals surface area contributed by atoms with Crippen LogP contribution in [0.4, 0.5) is 0 Å². The van der Waals surface area contributed by atoms with E-state index in [0.717, 1.165) is 0 Å². The Kier molecular flexibility index (Phi) is 1.81. The van der Waals surface area contributed by atoms with Crippen molar-refractivity contribution in [3.63, 3.8) is 0 Å². The molecule has 0 fully saturated rings. The first-order chi connectivity index (χ1) is 6.18. The van der Waals surface area contributed by atoms with Crippen molar-refractivity contribution in [1.29, 1.82) is 0 Å². The van der Waals surface area contributed by atoms with Gasteiger partial charge in [-0.1, -0.05) is 17.7 Å². The number of aromatic nitrogens is 1. The van der Waals surface area contributed by atoms with Gasteiger partial charge in [-0.05, 0) is 12.1 Å². The second-order valence-electron chi connectivity index (χ2n) is 2.66. The van der Waals surface area contributed by atoms with Gasteiger partial charge in [-0.15, -0.1) is 0 Å². The number of fused-ring (bicyclic) bond motifs is 1. The lowest BCUT2D eigenvalue weighted by Gasteiger charge is -1.86. The number of benzene rings is 1. The Morgan fingerprint density at radius 3 is 2.92 bits per heavy atom. The molecule has 0 aliphatic carbocycles. The zero-order valence-corrected chi connectivity index (χ0v) is 7.63. The second-order valence-corrected chi connectivity index (χ2v) is 3.07. The molecule has 2 aromatic rings. The largest absolute Gasteiger partial charge is 0.434 e. The summed E-state index contributed by atoms with van der Waals surface area (Å²) in [6.07, 6.45) is 0. The zero-order chi connectivity index (χ0) is 9.42. The summed E-state index contributed by atoms with van der Waals surface area (Å²) in [5.41, 5.74) is 1.08. The highest BCUT2D eigenvalue weighted by Gasteiger charge is 2.11. The van der Waals surface area contributed by atoms with Crippen LogP contribution >= 0.6 is 11.6 Å². The number of para-hydroxylation sites is 1. The molecule has 0 radical (unpaired) electrons. The van der Waals surface area contributed by atoms with Gasteiger partial charge in [0.15, 0.2) is 5.58 Å². The summed E-state index contributed by atoms with van der Waals surface area (Å²) in [6.45, 7) is 1.40. The molecule has 2 rings (SSSR count). The minimum absolute atomic E-state index is 0.100. The molecule has 0 bridgehead atoms. The van der Waals surface area contributed by atoms with Crippen molar-refractivity contribution in [3.05, 3.63) is 29.1 Å². The Labute approximate surface area is 79.3 Å². The number of rotatable bonds is 1. The fourth-order valence-corrected chi connectivity index (χ4v) is 1.27. The van der Waals surface area contributed by atoms with Crippen molar-refractivity contribution in [1.82, 2.24) is 4.98 Å². The first kappa shape index (κ1) is 8.26. The third kappa shape index (κ3) is 1.31. The Morgan fingerprint density at radius 2 is 2.31 bits per heavy atom. The van der Waals surface area contributed by atoms with Crippen LogP contribution in [0.2, 0.25) is 5.02 Å². The summed E-state index contributed by atoms with van der Waals surface area (Å²) >= 11 is 5.84. The van der Waals surface area contributed by atoms with E-state index in [1.807, 2.05) is 0 Å². The van der Waals surface area contributed by atoms with E-state index in [1.54, 1.807) is 18.2 Å². The lowest BCUT2D eigenvalue weighted by molar-refractivity contribution is 0.0983. The van der Waals surface area contributed by atoms with Crippen molar-refractivity contribution >= 4 is 28.5 Å². The molecule has 1 heterocycles. The van der Waals surface area contributed by atoms with E-state index in [0.29, 0.717) is 16.1 Å². The maximum atomic E-state index is 10.9. The highest BCUT2D eigenvalue weighted by Crippen LogP contribution is 2.23. The predicted octanol–water partition coefficient (Wildman–Crippen LogP) is 2.68. The van der Waals surface area contributed by atoms with Crippen molar-refractivity contribution in [3.8, 4) is 0 Å². The van der Waals surface area contributed by atoms with E-state index in [2.05, 4.69) is 4.98 Å². The van der Waals surface area contributed by atoms with E-state index >= 15 is 0 Å². The minimum atomic E-state index is -0.202. The third-order valence-corrected chi connectivity index (χ3v) is 1.98. The molecular formula is C9H6ClNO2. The Hall–Kier alpha value is -1.35. The standard InChI is InChI=1S/C9H6ClNO2/c1-5(12)9-11-8-6(10)3-2-4-7(8)13-9/h2-4H,1H3. The van der Waals surface area contributed by atoms with Crippen LogP contribution in [0.3, 0.4) is 0 Å². The highest BCUT2D eigenvalue weighted by atomic mass is 35.5.